The minimum Gasteiger partial charge on any atom is -0.481 e. The molecule has 18 heavy (non-hydrogen) atoms. The number of amides is 1. The maximum absolute atomic E-state index is 12.2. The first-order valence-corrected chi connectivity index (χ1v) is 6.74. The smallest absolute Gasteiger partial charge is 0.303 e. The van der Waals surface area contributed by atoms with E-state index in [1.165, 1.54) is 0 Å². The number of nitrogens with one attached hydrogen (secondary N) is 1. The largest absolute Gasteiger partial charge is 0.481 e. The summed E-state index contributed by atoms with van der Waals surface area (Å²) in [6.07, 6.45) is 4.67. The van der Waals surface area contributed by atoms with Crippen LogP contribution in [0.1, 0.15) is 45.4 Å². The van der Waals surface area contributed by atoms with Crippen LogP contribution >= 0.6 is 0 Å². The molecule has 4 N–H and O–H groups in total. The molecule has 1 rings (SSSR count). The van der Waals surface area contributed by atoms with Gasteiger partial charge in [0.15, 0.2) is 0 Å². The van der Waals surface area contributed by atoms with Gasteiger partial charge in [-0.25, -0.2) is 0 Å². The topological polar surface area (TPSA) is 92.4 Å². The van der Waals surface area contributed by atoms with Crippen molar-refractivity contribution in [1.29, 1.82) is 0 Å². The molecule has 1 saturated carbocycles. The van der Waals surface area contributed by atoms with Gasteiger partial charge in [-0.1, -0.05) is 26.2 Å². The molecule has 1 atom stereocenters. The Morgan fingerprint density at radius 3 is 2.44 bits per heavy atom. The van der Waals surface area contributed by atoms with Gasteiger partial charge in [-0.15, -0.1) is 0 Å². The van der Waals surface area contributed by atoms with Crippen LogP contribution in [0.15, 0.2) is 0 Å². The summed E-state index contributed by atoms with van der Waals surface area (Å²) in [6, 6.07) is 0. The van der Waals surface area contributed by atoms with Crippen molar-refractivity contribution in [1.82, 2.24) is 5.32 Å². The molecule has 0 bridgehead atoms. The van der Waals surface area contributed by atoms with E-state index in [0.717, 1.165) is 32.1 Å². The summed E-state index contributed by atoms with van der Waals surface area (Å²) in [5, 5.41) is 11.6. The Kier molecular flexibility index (Phi) is 5.59. The first kappa shape index (κ1) is 15.0. The van der Waals surface area contributed by atoms with Crippen LogP contribution in [-0.2, 0) is 9.59 Å². The molecule has 1 fully saturated rings. The molecule has 1 aliphatic rings. The van der Waals surface area contributed by atoms with Crippen LogP contribution in [0.25, 0.3) is 0 Å². The van der Waals surface area contributed by atoms with Crippen molar-refractivity contribution in [3.8, 4) is 0 Å². The highest BCUT2D eigenvalue weighted by atomic mass is 16.4. The highest BCUT2D eigenvalue weighted by Gasteiger charge is 2.39. The Bertz CT molecular complexity index is 299. The summed E-state index contributed by atoms with van der Waals surface area (Å²) in [4.78, 5) is 22.8. The van der Waals surface area contributed by atoms with Crippen LogP contribution in [0, 0.1) is 11.3 Å². The molecule has 0 aromatic heterocycles. The fourth-order valence-corrected chi connectivity index (χ4v) is 2.61. The van der Waals surface area contributed by atoms with Gasteiger partial charge in [0.2, 0.25) is 5.91 Å². The molecular weight excluding hydrogens is 232 g/mol. The third-order valence-electron chi connectivity index (χ3n) is 4.03. The molecule has 0 aliphatic heterocycles. The lowest BCUT2D eigenvalue weighted by Gasteiger charge is -2.26. The van der Waals surface area contributed by atoms with Crippen molar-refractivity contribution >= 4 is 11.9 Å². The average Bonchev–Trinajstić information content (AvgIpc) is 2.83. The third-order valence-corrected chi connectivity index (χ3v) is 4.03. The van der Waals surface area contributed by atoms with E-state index in [1.54, 1.807) is 0 Å². The maximum Gasteiger partial charge on any atom is 0.303 e. The van der Waals surface area contributed by atoms with Gasteiger partial charge in [0.05, 0.1) is 5.41 Å². The van der Waals surface area contributed by atoms with Crippen molar-refractivity contribution in [3.05, 3.63) is 0 Å². The SMILES string of the molecule is CCC(CNC(=O)C1(CN)CCCC1)CC(=O)O. The molecule has 0 spiro atoms. The average molecular weight is 256 g/mol. The first-order valence-electron chi connectivity index (χ1n) is 6.74. The van der Waals surface area contributed by atoms with Gasteiger partial charge >= 0.3 is 5.97 Å². The van der Waals surface area contributed by atoms with E-state index in [9.17, 15) is 9.59 Å². The summed E-state index contributed by atoms with van der Waals surface area (Å²) < 4.78 is 0. The van der Waals surface area contributed by atoms with Gasteiger partial charge in [0.1, 0.15) is 0 Å². The van der Waals surface area contributed by atoms with E-state index in [2.05, 4.69) is 5.32 Å². The van der Waals surface area contributed by atoms with Crippen LogP contribution in [0.5, 0.6) is 0 Å². The van der Waals surface area contributed by atoms with Crippen molar-refractivity contribution in [2.45, 2.75) is 45.4 Å². The molecule has 1 unspecified atom stereocenters. The molecule has 5 heteroatoms. The first-order chi connectivity index (χ1) is 8.54. The number of hydrogen-bond donors (Lipinski definition) is 3. The second-order valence-corrected chi connectivity index (χ2v) is 5.27. The maximum atomic E-state index is 12.2. The molecule has 1 amide bonds. The van der Waals surface area contributed by atoms with Gasteiger partial charge in [-0.2, -0.15) is 0 Å². The van der Waals surface area contributed by atoms with Crippen LogP contribution < -0.4 is 11.1 Å². The summed E-state index contributed by atoms with van der Waals surface area (Å²) >= 11 is 0. The van der Waals surface area contributed by atoms with Gasteiger partial charge < -0.3 is 16.2 Å². The lowest BCUT2D eigenvalue weighted by molar-refractivity contribution is -0.138. The summed E-state index contributed by atoms with van der Waals surface area (Å²) in [5.41, 5.74) is 5.33. The standard InChI is InChI=1S/C13H24N2O3/c1-2-10(7-11(16)17)8-15-12(18)13(9-14)5-3-4-6-13/h10H,2-9,14H2,1H3,(H,15,18)(H,16,17). The van der Waals surface area contributed by atoms with Crippen molar-refractivity contribution in [2.24, 2.45) is 17.1 Å². The molecule has 5 nitrogen and oxygen atoms in total. The van der Waals surface area contributed by atoms with E-state index in [1.807, 2.05) is 6.92 Å². The zero-order valence-corrected chi connectivity index (χ0v) is 11.1. The number of nitrogens with two attached hydrogens (primary N) is 1. The number of hydrogen-bond acceptors (Lipinski definition) is 3. The van der Waals surface area contributed by atoms with E-state index in [0.29, 0.717) is 13.1 Å². The van der Waals surface area contributed by atoms with Gasteiger partial charge in [-0.05, 0) is 18.8 Å². The van der Waals surface area contributed by atoms with Crippen LogP contribution in [0.2, 0.25) is 0 Å². The Morgan fingerprint density at radius 2 is 2.00 bits per heavy atom. The number of rotatable bonds is 7. The fraction of sp³-hybridized carbons (Fsp3) is 0.846. The second-order valence-electron chi connectivity index (χ2n) is 5.27. The number of carboxylic acids is 1. The van der Waals surface area contributed by atoms with E-state index in [4.69, 9.17) is 10.8 Å². The molecule has 0 saturated heterocycles. The fourth-order valence-electron chi connectivity index (χ4n) is 2.61. The van der Waals surface area contributed by atoms with Crippen LogP contribution in [-0.4, -0.2) is 30.1 Å². The Hall–Kier alpha value is -1.10. The van der Waals surface area contributed by atoms with Gasteiger partial charge in [-0.3, -0.25) is 9.59 Å². The zero-order chi connectivity index (χ0) is 13.6. The summed E-state index contributed by atoms with van der Waals surface area (Å²) in [6.45, 7) is 2.76. The summed E-state index contributed by atoms with van der Waals surface area (Å²) in [7, 11) is 0. The van der Waals surface area contributed by atoms with Gasteiger partial charge in [0, 0.05) is 19.5 Å². The minimum atomic E-state index is -0.814. The highest BCUT2D eigenvalue weighted by molar-refractivity contribution is 5.83. The number of carbonyl (C=O) groups is 2. The molecular formula is C13H24N2O3. The number of carbonyl (C=O) groups excluding carboxylic acids is 1. The Balaban J connectivity index is 2.46. The molecule has 104 valence electrons. The number of aliphatic carboxylic acids is 1. The quantitative estimate of drug-likeness (QED) is 0.636. The predicted octanol–water partition coefficient (Wildman–Crippen LogP) is 1.12. The van der Waals surface area contributed by atoms with Crippen molar-refractivity contribution in [3.63, 3.8) is 0 Å². The van der Waals surface area contributed by atoms with Crippen molar-refractivity contribution in [2.75, 3.05) is 13.1 Å². The zero-order valence-electron chi connectivity index (χ0n) is 11.1. The molecule has 0 heterocycles. The van der Waals surface area contributed by atoms with E-state index < -0.39 is 11.4 Å². The van der Waals surface area contributed by atoms with E-state index in [-0.39, 0.29) is 18.2 Å². The number of carboxylic acid groups (broad SMARTS) is 1. The molecule has 0 radical (unpaired) electrons. The minimum absolute atomic E-state index is 0.00248. The monoisotopic (exact) mass is 256 g/mol. The third kappa shape index (κ3) is 3.70. The van der Waals surface area contributed by atoms with Gasteiger partial charge in [0.25, 0.3) is 0 Å². The molecule has 1 aliphatic carbocycles. The lowest BCUT2D eigenvalue weighted by Crippen LogP contribution is -2.45. The van der Waals surface area contributed by atoms with Crippen LogP contribution in [0.4, 0.5) is 0 Å². The Morgan fingerprint density at radius 1 is 1.39 bits per heavy atom. The van der Waals surface area contributed by atoms with Crippen LogP contribution in [0.3, 0.4) is 0 Å². The Labute approximate surface area is 108 Å². The predicted molar refractivity (Wildman–Crippen MR) is 69.0 cm³/mol. The second kappa shape index (κ2) is 6.73. The normalized spacial score (nSPS) is 19.4. The van der Waals surface area contributed by atoms with E-state index >= 15 is 0 Å². The molecule has 0 aromatic rings. The molecule has 0 aromatic carbocycles. The van der Waals surface area contributed by atoms with Crippen molar-refractivity contribution < 1.29 is 14.7 Å². The summed E-state index contributed by atoms with van der Waals surface area (Å²) in [5.74, 6) is -0.806. The highest BCUT2D eigenvalue weighted by Crippen LogP contribution is 2.37. The lowest BCUT2D eigenvalue weighted by atomic mass is 9.85.